The molecular weight excluding hydrogens is 260 g/mol. The molecular formula is C15H17ClN2O. The van der Waals surface area contributed by atoms with Crippen molar-refractivity contribution in [1.29, 1.82) is 0 Å². The Morgan fingerprint density at radius 3 is 2.84 bits per heavy atom. The number of benzene rings is 1. The lowest BCUT2D eigenvalue weighted by molar-refractivity contribution is 0.479. The Labute approximate surface area is 118 Å². The first-order valence-electron chi connectivity index (χ1n) is 6.30. The van der Waals surface area contributed by atoms with Crippen molar-refractivity contribution < 1.29 is 4.74 Å². The van der Waals surface area contributed by atoms with Gasteiger partial charge in [0, 0.05) is 17.3 Å². The summed E-state index contributed by atoms with van der Waals surface area (Å²) >= 11 is 5.92. The molecule has 1 unspecified atom stereocenters. The van der Waals surface area contributed by atoms with Gasteiger partial charge in [-0.25, -0.2) is 0 Å². The Hall–Kier alpha value is -1.58. The smallest absolute Gasteiger partial charge is 0.145 e. The predicted molar refractivity (Wildman–Crippen MR) is 77.7 cm³/mol. The number of nitrogens with two attached hydrogens (primary N) is 1. The molecule has 1 aromatic heterocycles. The number of hydrogen-bond donors (Lipinski definition) is 1. The Morgan fingerprint density at radius 1 is 1.26 bits per heavy atom. The zero-order valence-corrected chi connectivity index (χ0v) is 11.6. The number of rotatable bonds is 5. The van der Waals surface area contributed by atoms with Gasteiger partial charge in [0.2, 0.25) is 0 Å². The molecule has 0 aliphatic heterocycles. The topological polar surface area (TPSA) is 48.1 Å². The molecule has 19 heavy (non-hydrogen) atoms. The summed E-state index contributed by atoms with van der Waals surface area (Å²) in [7, 11) is 0. The van der Waals surface area contributed by atoms with Crippen LogP contribution in [0, 0.1) is 0 Å². The number of halogens is 1. The van der Waals surface area contributed by atoms with Crippen LogP contribution in [-0.2, 0) is 6.42 Å². The van der Waals surface area contributed by atoms with E-state index in [0.29, 0.717) is 16.5 Å². The maximum absolute atomic E-state index is 5.94. The molecule has 1 aromatic carbocycles. The van der Waals surface area contributed by atoms with Crippen molar-refractivity contribution in [2.24, 2.45) is 5.73 Å². The first-order chi connectivity index (χ1) is 9.17. The summed E-state index contributed by atoms with van der Waals surface area (Å²) in [5.74, 6) is 1.40. The molecule has 1 atom stereocenters. The fourth-order valence-corrected chi connectivity index (χ4v) is 1.93. The van der Waals surface area contributed by atoms with Crippen LogP contribution in [0.3, 0.4) is 0 Å². The molecule has 0 fully saturated rings. The average Bonchev–Trinajstić information content (AvgIpc) is 2.39. The molecule has 0 radical (unpaired) electrons. The molecule has 2 rings (SSSR count). The molecule has 0 aliphatic rings. The van der Waals surface area contributed by atoms with E-state index in [4.69, 9.17) is 22.1 Å². The molecule has 0 saturated carbocycles. The van der Waals surface area contributed by atoms with Crippen molar-refractivity contribution in [3.05, 3.63) is 53.3 Å². The highest BCUT2D eigenvalue weighted by Crippen LogP contribution is 2.24. The number of nitrogens with zero attached hydrogens (tertiary/aromatic N) is 1. The van der Waals surface area contributed by atoms with Gasteiger partial charge in [0.15, 0.2) is 0 Å². The van der Waals surface area contributed by atoms with Gasteiger partial charge in [-0.1, -0.05) is 24.6 Å². The Bertz CT molecular complexity index is 545. The number of aromatic nitrogens is 1. The van der Waals surface area contributed by atoms with Crippen LogP contribution >= 0.6 is 11.6 Å². The van der Waals surface area contributed by atoms with Crippen LogP contribution in [0.5, 0.6) is 11.5 Å². The monoisotopic (exact) mass is 276 g/mol. The Morgan fingerprint density at radius 2 is 2.11 bits per heavy atom. The molecule has 4 heteroatoms. The van der Waals surface area contributed by atoms with Gasteiger partial charge in [-0.05, 0) is 42.7 Å². The second kappa shape index (κ2) is 6.55. The first-order valence-corrected chi connectivity index (χ1v) is 6.68. The zero-order chi connectivity index (χ0) is 13.7. The summed E-state index contributed by atoms with van der Waals surface area (Å²) in [5, 5.41) is 0.648. The lowest BCUT2D eigenvalue weighted by Crippen LogP contribution is -2.21. The predicted octanol–water partition coefficient (Wildman–Crippen LogP) is 3.81. The summed E-state index contributed by atoms with van der Waals surface area (Å²) in [6, 6.07) is 9.40. The van der Waals surface area contributed by atoms with Crippen molar-refractivity contribution >= 4 is 11.6 Å². The fourth-order valence-electron chi connectivity index (χ4n) is 1.74. The summed E-state index contributed by atoms with van der Waals surface area (Å²) in [6.45, 7) is 2.07. The highest BCUT2D eigenvalue weighted by atomic mass is 35.5. The van der Waals surface area contributed by atoms with Gasteiger partial charge in [0.05, 0.1) is 6.20 Å². The van der Waals surface area contributed by atoms with E-state index in [1.807, 2.05) is 30.5 Å². The Kier molecular flexibility index (Phi) is 4.77. The highest BCUT2D eigenvalue weighted by Gasteiger charge is 2.04. The Balaban J connectivity index is 2.10. The number of hydrogen-bond acceptors (Lipinski definition) is 3. The van der Waals surface area contributed by atoms with Gasteiger partial charge in [0.25, 0.3) is 0 Å². The molecule has 3 nitrogen and oxygen atoms in total. The molecule has 100 valence electrons. The molecule has 1 heterocycles. The molecule has 0 spiro atoms. The van der Waals surface area contributed by atoms with Gasteiger partial charge < -0.3 is 10.5 Å². The van der Waals surface area contributed by atoms with Crippen LogP contribution < -0.4 is 10.5 Å². The number of pyridine rings is 1. The van der Waals surface area contributed by atoms with Gasteiger partial charge >= 0.3 is 0 Å². The summed E-state index contributed by atoms with van der Waals surface area (Å²) in [5.41, 5.74) is 7.02. The van der Waals surface area contributed by atoms with E-state index >= 15 is 0 Å². The van der Waals surface area contributed by atoms with Crippen LogP contribution in [0.25, 0.3) is 0 Å². The van der Waals surface area contributed by atoms with Crippen LogP contribution in [0.4, 0.5) is 0 Å². The average molecular weight is 277 g/mol. The van der Waals surface area contributed by atoms with Crippen molar-refractivity contribution in [3.63, 3.8) is 0 Å². The van der Waals surface area contributed by atoms with Gasteiger partial charge in [-0.15, -0.1) is 0 Å². The molecule has 0 bridgehead atoms. The van der Waals surface area contributed by atoms with E-state index in [0.717, 1.165) is 18.4 Å². The molecule has 2 aromatic rings. The third kappa shape index (κ3) is 4.23. The normalized spacial score (nSPS) is 12.2. The molecule has 0 saturated heterocycles. The molecule has 2 N–H and O–H groups in total. The summed E-state index contributed by atoms with van der Waals surface area (Å²) in [6.07, 6.45) is 5.25. The maximum atomic E-state index is 5.94. The minimum atomic E-state index is 0.156. The summed E-state index contributed by atoms with van der Waals surface area (Å²) < 4.78 is 5.73. The highest BCUT2D eigenvalue weighted by molar-refractivity contribution is 6.30. The van der Waals surface area contributed by atoms with Crippen LogP contribution in [0.1, 0.15) is 18.9 Å². The minimum Gasteiger partial charge on any atom is -0.456 e. The van der Waals surface area contributed by atoms with Crippen molar-refractivity contribution in [3.8, 4) is 11.5 Å². The van der Waals surface area contributed by atoms with Crippen molar-refractivity contribution in [1.82, 2.24) is 4.98 Å². The minimum absolute atomic E-state index is 0.156. The van der Waals surface area contributed by atoms with E-state index < -0.39 is 0 Å². The van der Waals surface area contributed by atoms with Crippen molar-refractivity contribution in [2.45, 2.75) is 25.8 Å². The van der Waals surface area contributed by atoms with E-state index in [2.05, 4.69) is 11.9 Å². The first kappa shape index (κ1) is 13.8. The second-order valence-corrected chi connectivity index (χ2v) is 4.90. The lowest BCUT2D eigenvalue weighted by Gasteiger charge is -2.10. The lowest BCUT2D eigenvalue weighted by atomic mass is 10.1. The third-order valence-electron chi connectivity index (χ3n) is 2.82. The van der Waals surface area contributed by atoms with Gasteiger partial charge in [-0.3, -0.25) is 4.98 Å². The van der Waals surface area contributed by atoms with E-state index in [1.54, 1.807) is 12.3 Å². The second-order valence-electron chi connectivity index (χ2n) is 4.46. The van der Waals surface area contributed by atoms with Crippen LogP contribution in [0.15, 0.2) is 42.7 Å². The largest absolute Gasteiger partial charge is 0.456 e. The van der Waals surface area contributed by atoms with Crippen molar-refractivity contribution in [2.75, 3.05) is 0 Å². The quantitative estimate of drug-likeness (QED) is 0.903. The van der Waals surface area contributed by atoms with Gasteiger partial charge in [-0.2, -0.15) is 0 Å². The van der Waals surface area contributed by atoms with E-state index in [9.17, 15) is 0 Å². The SMILES string of the molecule is CCC(N)Cc1cncc(Oc2cccc(Cl)c2)c1. The molecule has 0 amide bonds. The summed E-state index contributed by atoms with van der Waals surface area (Å²) in [4.78, 5) is 4.18. The standard InChI is InChI=1S/C15H17ClN2O/c1-2-13(17)6-11-7-15(10-18-9-11)19-14-5-3-4-12(16)8-14/h3-5,7-10,13H,2,6,17H2,1H3. The van der Waals surface area contributed by atoms with Crippen LogP contribution in [0.2, 0.25) is 5.02 Å². The third-order valence-corrected chi connectivity index (χ3v) is 3.06. The fraction of sp³-hybridized carbons (Fsp3) is 0.267. The molecule has 0 aliphatic carbocycles. The zero-order valence-electron chi connectivity index (χ0n) is 10.8. The van der Waals surface area contributed by atoms with E-state index in [1.165, 1.54) is 0 Å². The van der Waals surface area contributed by atoms with E-state index in [-0.39, 0.29) is 6.04 Å². The van der Waals surface area contributed by atoms with Gasteiger partial charge in [0.1, 0.15) is 11.5 Å². The number of ether oxygens (including phenoxy) is 1. The van der Waals surface area contributed by atoms with Crippen LogP contribution in [-0.4, -0.2) is 11.0 Å². The maximum Gasteiger partial charge on any atom is 0.145 e.